The number of hydrogen-bond donors (Lipinski definition) is 0. The summed E-state index contributed by atoms with van der Waals surface area (Å²) in [7, 11) is 1.40. The normalized spacial score (nSPS) is 11.2. The Hall–Kier alpha value is -1.05. The van der Waals surface area contributed by atoms with Crippen molar-refractivity contribution in [2.45, 2.75) is 32.6 Å². The smallest absolute Gasteiger partial charge is 0.309 e. The van der Waals surface area contributed by atoms with Crippen molar-refractivity contribution in [2.75, 3.05) is 7.11 Å². The van der Waals surface area contributed by atoms with E-state index in [2.05, 4.69) is 23.8 Å². The number of allylic oxidation sites excluding steroid dienone is 3. The van der Waals surface area contributed by atoms with Crippen molar-refractivity contribution in [2.24, 2.45) is 0 Å². The molecule has 74 valence electrons. The number of rotatable bonds is 6. The standard InChI is InChI=1S/C11H18O2/c1-3-4-5-6-7-8-9-10-11(12)13-2/h5-6,8-9H,3-4,7,10H2,1-2H3/b6-5+,9-8+. The number of carbonyl (C=O) groups excluding carboxylic acids is 1. The van der Waals surface area contributed by atoms with E-state index in [1.165, 1.54) is 13.5 Å². The SMILES string of the molecule is CCC/C=C/C/C=C/CC(=O)OC. The molecule has 0 N–H and O–H groups in total. The van der Waals surface area contributed by atoms with Crippen LogP contribution in [0.2, 0.25) is 0 Å². The van der Waals surface area contributed by atoms with Gasteiger partial charge in [-0.1, -0.05) is 37.6 Å². The summed E-state index contributed by atoms with van der Waals surface area (Å²) in [5.74, 6) is -0.186. The molecule has 0 radical (unpaired) electrons. The molecule has 0 amide bonds. The van der Waals surface area contributed by atoms with Crippen LogP contribution < -0.4 is 0 Å². The maximum Gasteiger partial charge on any atom is 0.309 e. The van der Waals surface area contributed by atoms with Gasteiger partial charge in [-0.2, -0.15) is 0 Å². The molecule has 2 nitrogen and oxygen atoms in total. The topological polar surface area (TPSA) is 26.3 Å². The number of esters is 1. The quantitative estimate of drug-likeness (QED) is 0.466. The Morgan fingerprint density at radius 1 is 1.23 bits per heavy atom. The molecule has 0 aromatic carbocycles. The predicted octanol–water partition coefficient (Wildman–Crippen LogP) is 2.85. The second kappa shape index (κ2) is 9.04. The summed E-state index contributed by atoms with van der Waals surface area (Å²) in [6.45, 7) is 2.15. The molecule has 13 heavy (non-hydrogen) atoms. The highest BCUT2D eigenvalue weighted by molar-refractivity contribution is 5.70. The summed E-state index contributed by atoms with van der Waals surface area (Å²) >= 11 is 0. The minimum Gasteiger partial charge on any atom is -0.469 e. The average Bonchev–Trinajstić information content (AvgIpc) is 2.16. The largest absolute Gasteiger partial charge is 0.469 e. The van der Waals surface area contributed by atoms with Crippen LogP contribution in [0.1, 0.15) is 32.6 Å². The first-order chi connectivity index (χ1) is 6.31. The zero-order valence-electron chi connectivity index (χ0n) is 8.45. The maximum absolute atomic E-state index is 10.7. The molecule has 0 fully saturated rings. The molecular formula is C11H18O2. The van der Waals surface area contributed by atoms with Crippen molar-refractivity contribution in [3.63, 3.8) is 0 Å². The molecule has 0 atom stereocenters. The molecule has 0 aliphatic heterocycles. The van der Waals surface area contributed by atoms with Gasteiger partial charge in [0.05, 0.1) is 13.5 Å². The second-order valence-electron chi connectivity index (χ2n) is 2.75. The third kappa shape index (κ3) is 8.86. The van der Waals surface area contributed by atoms with Crippen LogP contribution in [0.15, 0.2) is 24.3 Å². The monoisotopic (exact) mass is 182 g/mol. The van der Waals surface area contributed by atoms with E-state index in [9.17, 15) is 4.79 Å². The fraction of sp³-hybridized carbons (Fsp3) is 0.545. The zero-order valence-corrected chi connectivity index (χ0v) is 8.45. The highest BCUT2D eigenvalue weighted by Gasteiger charge is 1.91. The van der Waals surface area contributed by atoms with Crippen LogP contribution in [-0.4, -0.2) is 13.1 Å². The van der Waals surface area contributed by atoms with Gasteiger partial charge in [-0.05, 0) is 12.8 Å². The van der Waals surface area contributed by atoms with Crippen LogP contribution >= 0.6 is 0 Å². The van der Waals surface area contributed by atoms with Gasteiger partial charge in [0.1, 0.15) is 0 Å². The van der Waals surface area contributed by atoms with Gasteiger partial charge < -0.3 is 4.74 Å². The molecular weight excluding hydrogens is 164 g/mol. The fourth-order valence-electron chi connectivity index (χ4n) is 0.818. The highest BCUT2D eigenvalue weighted by Crippen LogP contribution is 1.94. The van der Waals surface area contributed by atoms with E-state index in [-0.39, 0.29) is 5.97 Å². The van der Waals surface area contributed by atoms with Crippen LogP contribution in [0.4, 0.5) is 0 Å². The molecule has 0 aliphatic carbocycles. The van der Waals surface area contributed by atoms with Crippen molar-refractivity contribution < 1.29 is 9.53 Å². The number of hydrogen-bond acceptors (Lipinski definition) is 2. The Morgan fingerprint density at radius 3 is 2.54 bits per heavy atom. The number of unbranched alkanes of at least 4 members (excludes halogenated alkanes) is 1. The van der Waals surface area contributed by atoms with E-state index in [0.29, 0.717) is 6.42 Å². The first-order valence-electron chi connectivity index (χ1n) is 4.68. The van der Waals surface area contributed by atoms with Crippen molar-refractivity contribution in [3.05, 3.63) is 24.3 Å². The van der Waals surface area contributed by atoms with Crippen LogP contribution in [0.3, 0.4) is 0 Å². The highest BCUT2D eigenvalue weighted by atomic mass is 16.5. The molecule has 0 spiro atoms. The minimum absolute atomic E-state index is 0.186. The van der Waals surface area contributed by atoms with Gasteiger partial charge in [0.15, 0.2) is 0 Å². The molecule has 0 rings (SSSR count). The van der Waals surface area contributed by atoms with Gasteiger partial charge in [-0.3, -0.25) is 4.79 Å². The van der Waals surface area contributed by atoms with Gasteiger partial charge >= 0.3 is 5.97 Å². The summed E-state index contributed by atoms with van der Waals surface area (Å²) in [5, 5.41) is 0. The van der Waals surface area contributed by atoms with Crippen molar-refractivity contribution in [3.8, 4) is 0 Å². The Balaban J connectivity index is 3.36. The second-order valence-corrected chi connectivity index (χ2v) is 2.75. The Kier molecular flexibility index (Phi) is 8.31. The van der Waals surface area contributed by atoms with Crippen LogP contribution in [0.5, 0.6) is 0 Å². The maximum atomic E-state index is 10.7. The van der Waals surface area contributed by atoms with Crippen LogP contribution in [-0.2, 0) is 9.53 Å². The molecule has 0 unspecified atom stereocenters. The third-order valence-electron chi connectivity index (χ3n) is 1.57. The van der Waals surface area contributed by atoms with E-state index in [0.717, 1.165) is 12.8 Å². The summed E-state index contributed by atoms with van der Waals surface area (Å²) in [5.41, 5.74) is 0. The zero-order chi connectivity index (χ0) is 9.94. The van der Waals surface area contributed by atoms with Crippen LogP contribution in [0.25, 0.3) is 0 Å². The lowest BCUT2D eigenvalue weighted by Gasteiger charge is -1.90. The average molecular weight is 182 g/mol. The molecule has 0 saturated heterocycles. The first-order valence-corrected chi connectivity index (χ1v) is 4.68. The Morgan fingerprint density at radius 2 is 1.92 bits per heavy atom. The van der Waals surface area contributed by atoms with Gasteiger partial charge in [0, 0.05) is 0 Å². The van der Waals surface area contributed by atoms with Gasteiger partial charge in [0.2, 0.25) is 0 Å². The van der Waals surface area contributed by atoms with Crippen molar-refractivity contribution >= 4 is 5.97 Å². The van der Waals surface area contributed by atoms with E-state index in [1.807, 2.05) is 12.2 Å². The summed E-state index contributed by atoms with van der Waals surface area (Å²) in [6.07, 6.45) is 11.7. The van der Waals surface area contributed by atoms with Crippen molar-refractivity contribution in [1.82, 2.24) is 0 Å². The van der Waals surface area contributed by atoms with E-state index in [4.69, 9.17) is 0 Å². The lowest BCUT2D eigenvalue weighted by Crippen LogP contribution is -1.96. The lowest BCUT2D eigenvalue weighted by atomic mass is 10.2. The van der Waals surface area contributed by atoms with Gasteiger partial charge in [0.25, 0.3) is 0 Å². The van der Waals surface area contributed by atoms with E-state index >= 15 is 0 Å². The summed E-state index contributed by atoms with van der Waals surface area (Å²) in [6, 6.07) is 0. The summed E-state index contributed by atoms with van der Waals surface area (Å²) < 4.78 is 4.49. The molecule has 0 bridgehead atoms. The molecule has 0 saturated carbocycles. The third-order valence-corrected chi connectivity index (χ3v) is 1.57. The number of methoxy groups -OCH3 is 1. The van der Waals surface area contributed by atoms with Gasteiger partial charge in [-0.15, -0.1) is 0 Å². The Bertz CT molecular complexity index is 181. The molecule has 0 aromatic rings. The van der Waals surface area contributed by atoms with Crippen LogP contribution in [0, 0.1) is 0 Å². The lowest BCUT2D eigenvalue weighted by molar-refractivity contribution is -0.139. The van der Waals surface area contributed by atoms with Crippen molar-refractivity contribution in [1.29, 1.82) is 0 Å². The Labute approximate surface area is 80.3 Å². The molecule has 2 heteroatoms. The van der Waals surface area contributed by atoms with E-state index < -0.39 is 0 Å². The number of ether oxygens (including phenoxy) is 1. The minimum atomic E-state index is -0.186. The fourth-order valence-corrected chi connectivity index (χ4v) is 0.818. The molecule has 0 aromatic heterocycles. The molecule has 0 heterocycles. The first kappa shape index (κ1) is 11.9. The number of carbonyl (C=O) groups is 1. The van der Waals surface area contributed by atoms with Gasteiger partial charge in [-0.25, -0.2) is 0 Å². The summed E-state index contributed by atoms with van der Waals surface area (Å²) in [4.78, 5) is 10.7. The predicted molar refractivity (Wildman–Crippen MR) is 54.4 cm³/mol. The molecule has 0 aliphatic rings. The van der Waals surface area contributed by atoms with E-state index in [1.54, 1.807) is 0 Å².